The van der Waals surface area contributed by atoms with Crippen LogP contribution in [0.5, 0.6) is 0 Å². The van der Waals surface area contributed by atoms with E-state index in [4.69, 9.17) is 4.74 Å². The molecule has 1 aromatic heterocycles. The number of aryl methyl sites for hydroxylation is 1. The van der Waals surface area contributed by atoms with Gasteiger partial charge in [-0.3, -0.25) is 0 Å². The maximum Gasteiger partial charge on any atom is 0.133 e. The van der Waals surface area contributed by atoms with E-state index in [1.54, 1.807) is 13.4 Å². The second-order valence-electron chi connectivity index (χ2n) is 3.20. The lowest BCUT2D eigenvalue weighted by atomic mass is 10.4. The molecule has 80 valence electrons. The van der Waals surface area contributed by atoms with Gasteiger partial charge in [-0.25, -0.2) is 0 Å². The zero-order valence-electron chi connectivity index (χ0n) is 8.86. The average Bonchev–Trinajstić information content (AvgIpc) is 2.58. The number of rotatable bonds is 7. The first-order valence-electron chi connectivity index (χ1n) is 4.87. The highest BCUT2D eigenvalue weighted by molar-refractivity contribution is 4.84. The van der Waals surface area contributed by atoms with Crippen LogP contribution in [0.2, 0.25) is 0 Å². The third-order valence-electron chi connectivity index (χ3n) is 2.03. The van der Waals surface area contributed by atoms with E-state index in [-0.39, 0.29) is 0 Å². The Morgan fingerprint density at radius 3 is 3.00 bits per heavy atom. The van der Waals surface area contributed by atoms with Gasteiger partial charge in [-0.2, -0.15) is 0 Å². The first-order valence-corrected chi connectivity index (χ1v) is 4.87. The van der Waals surface area contributed by atoms with E-state index in [1.165, 1.54) is 0 Å². The van der Waals surface area contributed by atoms with Crippen molar-refractivity contribution in [1.82, 2.24) is 20.1 Å². The second-order valence-corrected chi connectivity index (χ2v) is 3.20. The molecule has 1 heterocycles. The SMILES string of the molecule is COCCCNCCc1nncn1C. The van der Waals surface area contributed by atoms with Crippen LogP contribution in [0.15, 0.2) is 6.33 Å². The fourth-order valence-corrected chi connectivity index (χ4v) is 1.20. The van der Waals surface area contributed by atoms with Gasteiger partial charge in [-0.1, -0.05) is 0 Å². The van der Waals surface area contributed by atoms with Crippen LogP contribution in [0.3, 0.4) is 0 Å². The van der Waals surface area contributed by atoms with Gasteiger partial charge in [0.25, 0.3) is 0 Å². The van der Waals surface area contributed by atoms with Gasteiger partial charge in [0.15, 0.2) is 0 Å². The Labute approximate surface area is 84.5 Å². The molecule has 0 saturated carbocycles. The Morgan fingerprint density at radius 1 is 1.50 bits per heavy atom. The second kappa shape index (κ2) is 6.50. The Hall–Kier alpha value is -0.940. The van der Waals surface area contributed by atoms with Crippen molar-refractivity contribution < 1.29 is 4.74 Å². The van der Waals surface area contributed by atoms with E-state index in [1.807, 2.05) is 11.6 Å². The monoisotopic (exact) mass is 198 g/mol. The maximum atomic E-state index is 4.95. The number of nitrogens with zero attached hydrogens (tertiary/aromatic N) is 3. The van der Waals surface area contributed by atoms with Crippen LogP contribution in [0.25, 0.3) is 0 Å². The third-order valence-corrected chi connectivity index (χ3v) is 2.03. The van der Waals surface area contributed by atoms with E-state index in [9.17, 15) is 0 Å². The first kappa shape index (κ1) is 11.1. The van der Waals surface area contributed by atoms with Crippen molar-refractivity contribution in [1.29, 1.82) is 0 Å². The van der Waals surface area contributed by atoms with Crippen LogP contribution in [0, 0.1) is 0 Å². The summed E-state index contributed by atoms with van der Waals surface area (Å²) in [5.41, 5.74) is 0. The summed E-state index contributed by atoms with van der Waals surface area (Å²) >= 11 is 0. The summed E-state index contributed by atoms with van der Waals surface area (Å²) in [6.07, 6.45) is 3.69. The van der Waals surface area contributed by atoms with Crippen LogP contribution in [-0.4, -0.2) is 41.6 Å². The van der Waals surface area contributed by atoms with E-state index in [0.29, 0.717) is 0 Å². The number of methoxy groups -OCH3 is 1. The van der Waals surface area contributed by atoms with Crippen LogP contribution in [0.1, 0.15) is 12.2 Å². The molecule has 1 N–H and O–H groups in total. The lowest BCUT2D eigenvalue weighted by Gasteiger charge is -2.03. The van der Waals surface area contributed by atoms with Crippen LogP contribution < -0.4 is 5.32 Å². The van der Waals surface area contributed by atoms with Gasteiger partial charge in [0, 0.05) is 33.7 Å². The molecular weight excluding hydrogens is 180 g/mol. The summed E-state index contributed by atoms with van der Waals surface area (Å²) in [6, 6.07) is 0. The topological polar surface area (TPSA) is 52.0 Å². The lowest BCUT2D eigenvalue weighted by molar-refractivity contribution is 0.194. The van der Waals surface area contributed by atoms with Crippen molar-refractivity contribution in [2.75, 3.05) is 26.8 Å². The molecule has 0 aliphatic carbocycles. The summed E-state index contributed by atoms with van der Waals surface area (Å²) in [4.78, 5) is 0. The highest BCUT2D eigenvalue weighted by Crippen LogP contribution is 1.91. The molecule has 0 saturated heterocycles. The summed E-state index contributed by atoms with van der Waals surface area (Å²) in [5.74, 6) is 1.02. The number of hydrogen-bond acceptors (Lipinski definition) is 4. The highest BCUT2D eigenvalue weighted by Gasteiger charge is 1.98. The fourth-order valence-electron chi connectivity index (χ4n) is 1.20. The zero-order chi connectivity index (χ0) is 10.2. The highest BCUT2D eigenvalue weighted by atomic mass is 16.5. The average molecular weight is 198 g/mol. The van der Waals surface area contributed by atoms with E-state index in [2.05, 4.69) is 15.5 Å². The summed E-state index contributed by atoms with van der Waals surface area (Å²) in [7, 11) is 3.68. The first-order chi connectivity index (χ1) is 6.84. The standard InChI is InChI=1S/C9H18N4O/c1-13-8-11-12-9(13)4-6-10-5-3-7-14-2/h8,10H,3-7H2,1-2H3. The molecule has 14 heavy (non-hydrogen) atoms. The van der Waals surface area contributed by atoms with Crippen molar-refractivity contribution >= 4 is 0 Å². The smallest absolute Gasteiger partial charge is 0.133 e. The molecule has 0 aromatic carbocycles. The van der Waals surface area contributed by atoms with Gasteiger partial charge in [0.1, 0.15) is 12.2 Å². The molecule has 0 aliphatic rings. The van der Waals surface area contributed by atoms with Crippen molar-refractivity contribution in [3.8, 4) is 0 Å². The molecule has 0 atom stereocenters. The number of aromatic nitrogens is 3. The van der Waals surface area contributed by atoms with Crippen molar-refractivity contribution in [3.05, 3.63) is 12.2 Å². The Kier molecular flexibility index (Phi) is 5.17. The number of nitrogens with one attached hydrogen (secondary N) is 1. The molecule has 1 aromatic rings. The molecular formula is C9H18N4O. The van der Waals surface area contributed by atoms with Gasteiger partial charge >= 0.3 is 0 Å². The summed E-state index contributed by atoms with van der Waals surface area (Å²) in [6.45, 7) is 2.75. The van der Waals surface area contributed by atoms with Gasteiger partial charge in [-0.05, 0) is 13.0 Å². The van der Waals surface area contributed by atoms with Gasteiger partial charge in [0.2, 0.25) is 0 Å². The molecule has 0 fully saturated rings. The number of ether oxygens (including phenoxy) is 1. The fraction of sp³-hybridized carbons (Fsp3) is 0.778. The third kappa shape index (κ3) is 3.85. The Bertz CT molecular complexity index is 249. The predicted molar refractivity (Wildman–Crippen MR) is 54.1 cm³/mol. The van der Waals surface area contributed by atoms with Gasteiger partial charge < -0.3 is 14.6 Å². The van der Waals surface area contributed by atoms with Crippen LogP contribution in [0.4, 0.5) is 0 Å². The summed E-state index contributed by atoms with van der Waals surface area (Å²) in [5, 5.41) is 11.1. The van der Waals surface area contributed by atoms with E-state index in [0.717, 1.165) is 38.4 Å². The molecule has 0 unspecified atom stereocenters. The van der Waals surface area contributed by atoms with Crippen LogP contribution in [-0.2, 0) is 18.2 Å². The zero-order valence-corrected chi connectivity index (χ0v) is 8.86. The molecule has 5 heteroatoms. The van der Waals surface area contributed by atoms with Crippen LogP contribution >= 0.6 is 0 Å². The largest absolute Gasteiger partial charge is 0.385 e. The van der Waals surface area contributed by atoms with Crippen molar-refractivity contribution in [2.24, 2.45) is 7.05 Å². The summed E-state index contributed by atoms with van der Waals surface area (Å²) < 4.78 is 6.89. The maximum absolute atomic E-state index is 4.95. The quantitative estimate of drug-likeness (QED) is 0.626. The normalized spacial score (nSPS) is 10.7. The molecule has 0 radical (unpaired) electrons. The Balaban J connectivity index is 2.02. The molecule has 0 spiro atoms. The van der Waals surface area contributed by atoms with E-state index >= 15 is 0 Å². The number of hydrogen-bond donors (Lipinski definition) is 1. The Morgan fingerprint density at radius 2 is 2.36 bits per heavy atom. The molecule has 0 bridgehead atoms. The van der Waals surface area contributed by atoms with Crippen molar-refractivity contribution in [2.45, 2.75) is 12.8 Å². The minimum atomic E-state index is 0.816. The van der Waals surface area contributed by atoms with E-state index < -0.39 is 0 Å². The lowest BCUT2D eigenvalue weighted by Crippen LogP contribution is -2.20. The minimum absolute atomic E-state index is 0.816. The molecule has 5 nitrogen and oxygen atoms in total. The minimum Gasteiger partial charge on any atom is -0.385 e. The van der Waals surface area contributed by atoms with Gasteiger partial charge in [0.05, 0.1) is 0 Å². The molecule has 0 amide bonds. The van der Waals surface area contributed by atoms with Crippen molar-refractivity contribution in [3.63, 3.8) is 0 Å². The molecule has 1 rings (SSSR count). The predicted octanol–water partition coefficient (Wildman–Crippen LogP) is -0.0163. The molecule has 0 aliphatic heterocycles. The van der Waals surface area contributed by atoms with Gasteiger partial charge in [-0.15, -0.1) is 10.2 Å².